The standard InChI is InChI=1S/C15H14BrNO3S/c16-13-6-4-5-12(9-13)10-21(19,20)11-15(18)17-14-7-2-1-3-8-14/h1-9H,10-11H2,(H,17,18). The van der Waals surface area contributed by atoms with E-state index in [9.17, 15) is 13.2 Å². The molecule has 0 bridgehead atoms. The number of amides is 1. The highest BCUT2D eigenvalue weighted by molar-refractivity contribution is 9.10. The average Bonchev–Trinajstić information content (AvgIpc) is 2.38. The van der Waals surface area contributed by atoms with Crippen LogP contribution in [0.25, 0.3) is 0 Å². The molecule has 0 radical (unpaired) electrons. The van der Waals surface area contributed by atoms with Crippen LogP contribution in [0, 0.1) is 0 Å². The SMILES string of the molecule is O=C(CS(=O)(=O)Cc1cccc(Br)c1)Nc1ccccc1. The molecule has 0 aliphatic carbocycles. The van der Waals surface area contributed by atoms with Crippen LogP contribution < -0.4 is 5.32 Å². The Balaban J connectivity index is 1.99. The highest BCUT2D eigenvalue weighted by Crippen LogP contribution is 2.14. The number of carbonyl (C=O) groups is 1. The number of sulfone groups is 1. The average molecular weight is 368 g/mol. The van der Waals surface area contributed by atoms with Crippen LogP contribution in [0.3, 0.4) is 0 Å². The largest absolute Gasteiger partial charge is 0.325 e. The van der Waals surface area contributed by atoms with Crippen LogP contribution in [0.4, 0.5) is 5.69 Å². The normalized spacial score (nSPS) is 11.1. The van der Waals surface area contributed by atoms with Gasteiger partial charge in [0, 0.05) is 10.2 Å². The number of rotatable bonds is 5. The van der Waals surface area contributed by atoms with Crippen molar-refractivity contribution in [1.82, 2.24) is 0 Å². The van der Waals surface area contributed by atoms with Crippen LogP contribution in [0.5, 0.6) is 0 Å². The Bertz CT molecular complexity index is 730. The molecule has 2 aromatic carbocycles. The first-order valence-electron chi connectivity index (χ1n) is 6.24. The maximum absolute atomic E-state index is 12.0. The number of hydrogen-bond donors (Lipinski definition) is 1. The Hall–Kier alpha value is -1.66. The fraction of sp³-hybridized carbons (Fsp3) is 0.133. The van der Waals surface area contributed by atoms with Gasteiger partial charge in [0.1, 0.15) is 5.75 Å². The molecular formula is C15H14BrNO3S. The van der Waals surface area contributed by atoms with Crippen molar-refractivity contribution in [3.8, 4) is 0 Å². The van der Waals surface area contributed by atoms with E-state index in [0.29, 0.717) is 11.3 Å². The quantitative estimate of drug-likeness (QED) is 0.883. The molecule has 0 aliphatic rings. The predicted molar refractivity (Wildman–Crippen MR) is 86.7 cm³/mol. The van der Waals surface area contributed by atoms with Gasteiger partial charge >= 0.3 is 0 Å². The summed E-state index contributed by atoms with van der Waals surface area (Å²) in [5.74, 6) is -1.22. The second-order valence-electron chi connectivity index (χ2n) is 4.58. The smallest absolute Gasteiger partial charge is 0.239 e. The van der Waals surface area contributed by atoms with Gasteiger partial charge in [-0.1, -0.05) is 46.3 Å². The van der Waals surface area contributed by atoms with Crippen molar-refractivity contribution in [2.45, 2.75) is 5.75 Å². The third-order valence-corrected chi connectivity index (χ3v) is 4.65. The van der Waals surface area contributed by atoms with Gasteiger partial charge in [0.25, 0.3) is 0 Å². The molecule has 4 nitrogen and oxygen atoms in total. The Morgan fingerprint density at radius 3 is 2.43 bits per heavy atom. The van der Waals surface area contributed by atoms with E-state index in [2.05, 4.69) is 21.2 Å². The Morgan fingerprint density at radius 1 is 1.05 bits per heavy atom. The predicted octanol–water partition coefficient (Wildman–Crippen LogP) is 3.00. The van der Waals surface area contributed by atoms with Crippen LogP contribution in [0.1, 0.15) is 5.56 Å². The highest BCUT2D eigenvalue weighted by Gasteiger charge is 2.17. The lowest BCUT2D eigenvalue weighted by molar-refractivity contribution is -0.113. The van der Waals surface area contributed by atoms with Crippen LogP contribution in [0.2, 0.25) is 0 Å². The zero-order valence-corrected chi connectivity index (χ0v) is 13.5. The summed E-state index contributed by atoms with van der Waals surface area (Å²) in [4.78, 5) is 11.8. The highest BCUT2D eigenvalue weighted by atomic mass is 79.9. The summed E-state index contributed by atoms with van der Waals surface area (Å²) >= 11 is 3.29. The third kappa shape index (κ3) is 5.32. The van der Waals surface area contributed by atoms with E-state index in [0.717, 1.165) is 4.47 Å². The lowest BCUT2D eigenvalue weighted by Gasteiger charge is -2.07. The molecular weight excluding hydrogens is 354 g/mol. The zero-order chi connectivity index (χ0) is 15.3. The topological polar surface area (TPSA) is 63.2 Å². The second kappa shape index (κ2) is 6.87. The molecule has 0 unspecified atom stereocenters. The number of carbonyl (C=O) groups excluding carboxylic acids is 1. The molecule has 0 fully saturated rings. The van der Waals surface area contributed by atoms with Crippen LogP contribution >= 0.6 is 15.9 Å². The molecule has 110 valence electrons. The number of halogens is 1. The molecule has 0 heterocycles. The van der Waals surface area contributed by atoms with Crippen molar-refractivity contribution < 1.29 is 13.2 Å². The van der Waals surface area contributed by atoms with Gasteiger partial charge in [-0.3, -0.25) is 4.79 Å². The van der Waals surface area contributed by atoms with Crippen molar-refractivity contribution in [2.75, 3.05) is 11.1 Å². The van der Waals surface area contributed by atoms with Crippen LogP contribution in [0.15, 0.2) is 59.1 Å². The number of hydrogen-bond acceptors (Lipinski definition) is 3. The van der Waals surface area contributed by atoms with Crippen LogP contribution in [-0.2, 0) is 20.4 Å². The molecule has 2 aromatic rings. The van der Waals surface area contributed by atoms with Crippen molar-refractivity contribution >= 4 is 37.4 Å². The van der Waals surface area contributed by atoms with Gasteiger partial charge in [0.2, 0.25) is 5.91 Å². The first kappa shape index (κ1) is 15.7. The maximum Gasteiger partial charge on any atom is 0.239 e. The van der Waals surface area contributed by atoms with Crippen molar-refractivity contribution in [3.05, 3.63) is 64.6 Å². The number of para-hydroxylation sites is 1. The summed E-state index contributed by atoms with van der Waals surface area (Å²) in [6, 6.07) is 15.8. The molecule has 0 saturated carbocycles. The van der Waals surface area contributed by atoms with Gasteiger partial charge < -0.3 is 5.32 Å². The summed E-state index contributed by atoms with van der Waals surface area (Å²) in [7, 11) is -3.50. The van der Waals surface area contributed by atoms with Gasteiger partial charge in [-0.15, -0.1) is 0 Å². The number of benzene rings is 2. The minimum atomic E-state index is -3.50. The maximum atomic E-state index is 12.0. The molecule has 21 heavy (non-hydrogen) atoms. The van der Waals surface area contributed by atoms with Crippen molar-refractivity contribution in [3.63, 3.8) is 0 Å². The van der Waals surface area contributed by atoms with Gasteiger partial charge in [0.15, 0.2) is 9.84 Å². The minimum Gasteiger partial charge on any atom is -0.325 e. The van der Waals surface area contributed by atoms with E-state index in [-0.39, 0.29) is 5.75 Å². The van der Waals surface area contributed by atoms with E-state index in [4.69, 9.17) is 0 Å². The first-order chi connectivity index (χ1) is 9.94. The van der Waals surface area contributed by atoms with Gasteiger partial charge in [-0.2, -0.15) is 0 Å². The summed E-state index contributed by atoms with van der Waals surface area (Å²) in [5.41, 5.74) is 1.23. The molecule has 2 rings (SSSR count). The summed E-state index contributed by atoms with van der Waals surface area (Å²) < 4.78 is 24.9. The van der Waals surface area contributed by atoms with E-state index in [1.54, 1.807) is 42.5 Å². The molecule has 0 spiro atoms. The Kier molecular flexibility index (Phi) is 5.14. The monoisotopic (exact) mass is 367 g/mol. The molecule has 0 aromatic heterocycles. The van der Waals surface area contributed by atoms with E-state index < -0.39 is 21.5 Å². The first-order valence-corrected chi connectivity index (χ1v) is 8.86. The van der Waals surface area contributed by atoms with E-state index >= 15 is 0 Å². The van der Waals surface area contributed by atoms with E-state index in [1.807, 2.05) is 12.1 Å². The fourth-order valence-electron chi connectivity index (χ4n) is 1.85. The Labute approximate surface area is 132 Å². The van der Waals surface area contributed by atoms with Crippen molar-refractivity contribution in [2.24, 2.45) is 0 Å². The number of nitrogens with one attached hydrogen (secondary N) is 1. The number of anilines is 1. The molecule has 0 atom stereocenters. The second-order valence-corrected chi connectivity index (χ2v) is 7.56. The lowest BCUT2D eigenvalue weighted by atomic mass is 10.2. The van der Waals surface area contributed by atoms with Gasteiger partial charge in [0.05, 0.1) is 5.75 Å². The molecule has 1 amide bonds. The molecule has 0 aliphatic heterocycles. The Morgan fingerprint density at radius 2 is 1.76 bits per heavy atom. The molecule has 0 saturated heterocycles. The molecule has 1 N–H and O–H groups in total. The van der Waals surface area contributed by atoms with Gasteiger partial charge in [-0.25, -0.2) is 8.42 Å². The summed E-state index contributed by atoms with van der Waals surface area (Å²) in [6.07, 6.45) is 0. The van der Waals surface area contributed by atoms with Gasteiger partial charge in [-0.05, 0) is 29.8 Å². The third-order valence-electron chi connectivity index (χ3n) is 2.68. The zero-order valence-electron chi connectivity index (χ0n) is 11.1. The minimum absolute atomic E-state index is 0.158. The fourth-order valence-corrected chi connectivity index (χ4v) is 3.56. The van der Waals surface area contributed by atoms with Crippen molar-refractivity contribution in [1.29, 1.82) is 0 Å². The lowest BCUT2D eigenvalue weighted by Crippen LogP contribution is -2.23. The molecule has 6 heteroatoms. The van der Waals surface area contributed by atoms with E-state index in [1.165, 1.54) is 0 Å². The summed E-state index contributed by atoms with van der Waals surface area (Å²) in [5, 5.41) is 2.57. The van der Waals surface area contributed by atoms with Crippen LogP contribution in [-0.4, -0.2) is 20.1 Å². The summed E-state index contributed by atoms with van der Waals surface area (Å²) in [6.45, 7) is 0.